The number of nitrogens with zero attached hydrogens (tertiary/aromatic N) is 3. The number of nitrogens with two attached hydrogens (primary N) is 1. The van der Waals surface area contributed by atoms with Gasteiger partial charge in [-0.15, -0.1) is 0 Å². The Morgan fingerprint density at radius 3 is 2.17 bits per heavy atom. The molecule has 9 heteroatoms. The lowest BCUT2D eigenvalue weighted by molar-refractivity contribution is -0.128. The average molecular weight is 510 g/mol. The first-order valence-corrected chi connectivity index (χ1v) is 12.8. The number of anilines is 1. The van der Waals surface area contributed by atoms with Gasteiger partial charge in [-0.3, -0.25) is 14.5 Å². The monoisotopic (exact) mass is 509 g/mol. The van der Waals surface area contributed by atoms with Gasteiger partial charge in [-0.2, -0.15) is 0 Å². The number of hydrogen-bond acceptors (Lipinski definition) is 6. The zero-order chi connectivity index (χ0) is 27.2. The quantitative estimate of drug-likeness (QED) is 0.282. The number of carbonyl (C=O) groups is 1. The maximum atomic E-state index is 13.0. The van der Waals surface area contributed by atoms with Crippen molar-refractivity contribution in [2.24, 2.45) is 10.7 Å². The smallest absolute Gasteiger partial charge is 0.269 e. The number of aryl methyl sites for hydroxylation is 1. The fourth-order valence-electron chi connectivity index (χ4n) is 3.79. The van der Waals surface area contributed by atoms with Crippen LogP contribution in [0.25, 0.3) is 5.70 Å². The van der Waals surface area contributed by atoms with Crippen molar-refractivity contribution < 1.29 is 13.2 Å². The SMILES string of the molecule is C=C/C(=C(/N=C)C(=C)C)S(=O)(=O)Nc1ccc(C(=C)N2CCN(C(=O)/C(N)=C/C(=C)C)CC2)cc1C. The van der Waals surface area contributed by atoms with E-state index in [1.807, 2.05) is 13.0 Å². The number of benzene rings is 1. The van der Waals surface area contributed by atoms with E-state index in [9.17, 15) is 13.2 Å². The van der Waals surface area contributed by atoms with Crippen LogP contribution in [0.1, 0.15) is 25.0 Å². The van der Waals surface area contributed by atoms with Crippen LogP contribution in [0.15, 0.2) is 89.1 Å². The Morgan fingerprint density at radius 2 is 1.69 bits per heavy atom. The second kappa shape index (κ2) is 11.7. The third-order valence-corrected chi connectivity index (χ3v) is 7.10. The van der Waals surface area contributed by atoms with Gasteiger partial charge < -0.3 is 15.5 Å². The minimum absolute atomic E-state index is 0.0935. The Balaban J connectivity index is 2.16. The van der Waals surface area contributed by atoms with E-state index in [-0.39, 0.29) is 22.2 Å². The standard InChI is InChI=1S/C27H35N5O3S/c1-9-25(26(29-8)19(4)5)36(34,35)30-24-11-10-22(17-20(24)6)21(7)31-12-14-32(15-13-31)27(33)23(28)16-18(2)3/h9-11,16-17,30H,1-2,4,7-8,12-15,28H2,3,5-6H3/b23-16-,26-25-. The Kier molecular flexibility index (Phi) is 9.24. The molecule has 1 aromatic rings. The number of nitrogens with one attached hydrogen (secondary N) is 1. The van der Waals surface area contributed by atoms with Crippen molar-refractivity contribution in [1.29, 1.82) is 0 Å². The van der Waals surface area contributed by atoms with Crippen molar-refractivity contribution in [3.63, 3.8) is 0 Å². The highest BCUT2D eigenvalue weighted by Crippen LogP contribution is 2.27. The van der Waals surface area contributed by atoms with E-state index in [0.29, 0.717) is 37.4 Å². The lowest BCUT2D eigenvalue weighted by Gasteiger charge is -2.37. The predicted molar refractivity (Wildman–Crippen MR) is 150 cm³/mol. The van der Waals surface area contributed by atoms with E-state index < -0.39 is 10.0 Å². The van der Waals surface area contributed by atoms with Gasteiger partial charge in [-0.05, 0) is 68.5 Å². The molecule has 0 atom stereocenters. The molecule has 0 bridgehead atoms. The van der Waals surface area contributed by atoms with Crippen LogP contribution in [-0.4, -0.2) is 57.0 Å². The van der Waals surface area contributed by atoms with Crippen LogP contribution >= 0.6 is 0 Å². The number of amides is 1. The van der Waals surface area contributed by atoms with Gasteiger partial charge in [0.25, 0.3) is 15.9 Å². The summed E-state index contributed by atoms with van der Waals surface area (Å²) in [5.74, 6) is -0.204. The minimum atomic E-state index is -3.96. The van der Waals surface area contributed by atoms with Crippen molar-refractivity contribution in [2.75, 3.05) is 30.9 Å². The van der Waals surface area contributed by atoms with Gasteiger partial charge in [0.15, 0.2) is 0 Å². The normalized spacial score (nSPS) is 15.0. The molecule has 1 aliphatic rings. The van der Waals surface area contributed by atoms with Gasteiger partial charge in [-0.1, -0.05) is 38.0 Å². The maximum absolute atomic E-state index is 13.0. The van der Waals surface area contributed by atoms with Gasteiger partial charge in [0, 0.05) is 31.9 Å². The highest BCUT2D eigenvalue weighted by atomic mass is 32.2. The molecule has 0 unspecified atom stereocenters. The summed E-state index contributed by atoms with van der Waals surface area (Å²) < 4.78 is 28.6. The first-order chi connectivity index (χ1) is 16.8. The molecule has 192 valence electrons. The number of carbonyl (C=O) groups excluding carboxylic acids is 1. The van der Waals surface area contributed by atoms with Crippen LogP contribution in [0, 0.1) is 6.92 Å². The van der Waals surface area contributed by atoms with E-state index in [1.54, 1.807) is 37.0 Å². The summed E-state index contributed by atoms with van der Waals surface area (Å²) >= 11 is 0. The fraction of sp³-hybridized carbons (Fsp3) is 0.259. The topological polar surface area (TPSA) is 108 Å². The highest BCUT2D eigenvalue weighted by molar-refractivity contribution is 7.96. The van der Waals surface area contributed by atoms with E-state index in [0.717, 1.165) is 22.4 Å². The Bertz CT molecular complexity index is 1280. The number of allylic oxidation sites excluding steroid dienone is 4. The summed E-state index contributed by atoms with van der Waals surface area (Å²) in [6.07, 6.45) is 2.80. The summed E-state index contributed by atoms with van der Waals surface area (Å²) in [7, 11) is -3.96. The molecular weight excluding hydrogens is 474 g/mol. The summed E-state index contributed by atoms with van der Waals surface area (Å²) in [5, 5.41) is 0. The molecule has 3 N–H and O–H groups in total. The Hall–Kier alpha value is -3.85. The van der Waals surface area contributed by atoms with Gasteiger partial charge >= 0.3 is 0 Å². The highest BCUT2D eigenvalue weighted by Gasteiger charge is 2.24. The molecule has 1 heterocycles. The molecule has 0 saturated carbocycles. The number of aliphatic imine (C=N–C) groups is 1. The molecule has 36 heavy (non-hydrogen) atoms. The average Bonchev–Trinajstić information content (AvgIpc) is 2.81. The largest absolute Gasteiger partial charge is 0.394 e. The summed E-state index contributed by atoms with van der Waals surface area (Å²) in [6, 6.07) is 5.37. The molecule has 1 saturated heterocycles. The molecule has 0 spiro atoms. The van der Waals surface area contributed by atoms with Crippen LogP contribution in [-0.2, 0) is 14.8 Å². The minimum Gasteiger partial charge on any atom is -0.394 e. The van der Waals surface area contributed by atoms with Gasteiger partial charge in [0.2, 0.25) is 0 Å². The van der Waals surface area contributed by atoms with Crippen LogP contribution in [0.4, 0.5) is 5.69 Å². The van der Waals surface area contributed by atoms with Crippen molar-refractivity contribution in [3.05, 3.63) is 95.2 Å². The third-order valence-electron chi connectivity index (χ3n) is 5.67. The van der Waals surface area contributed by atoms with Crippen molar-refractivity contribution in [1.82, 2.24) is 9.80 Å². The Morgan fingerprint density at radius 1 is 1.11 bits per heavy atom. The molecule has 1 aliphatic heterocycles. The molecule has 0 radical (unpaired) electrons. The van der Waals surface area contributed by atoms with Crippen molar-refractivity contribution in [3.8, 4) is 0 Å². The zero-order valence-electron chi connectivity index (χ0n) is 21.3. The van der Waals surface area contributed by atoms with E-state index >= 15 is 0 Å². The van der Waals surface area contributed by atoms with Crippen LogP contribution in [0.3, 0.4) is 0 Å². The van der Waals surface area contributed by atoms with Crippen molar-refractivity contribution >= 4 is 34.0 Å². The second-order valence-electron chi connectivity index (χ2n) is 8.66. The number of sulfonamides is 1. The molecule has 1 amide bonds. The molecule has 2 rings (SSSR count). The summed E-state index contributed by atoms with van der Waals surface area (Å²) in [5.41, 5.74) is 10.2. The zero-order valence-corrected chi connectivity index (χ0v) is 22.1. The lowest BCUT2D eigenvalue weighted by Crippen LogP contribution is -2.48. The molecule has 0 aliphatic carbocycles. The number of hydrogen-bond donors (Lipinski definition) is 2. The van der Waals surface area contributed by atoms with Gasteiger partial charge in [0.1, 0.15) is 4.91 Å². The predicted octanol–water partition coefficient (Wildman–Crippen LogP) is 3.94. The number of piperazine rings is 1. The maximum Gasteiger partial charge on any atom is 0.269 e. The van der Waals surface area contributed by atoms with E-state index in [4.69, 9.17) is 5.73 Å². The van der Waals surface area contributed by atoms with Crippen LogP contribution < -0.4 is 10.5 Å². The molecule has 0 aromatic heterocycles. The first kappa shape index (κ1) is 28.4. The first-order valence-electron chi connectivity index (χ1n) is 11.3. The molecular formula is C27H35N5O3S. The van der Waals surface area contributed by atoms with E-state index in [2.05, 4.69) is 47.6 Å². The van der Waals surface area contributed by atoms with Crippen molar-refractivity contribution in [2.45, 2.75) is 20.8 Å². The van der Waals surface area contributed by atoms with Crippen LogP contribution in [0.5, 0.6) is 0 Å². The van der Waals surface area contributed by atoms with E-state index in [1.165, 1.54) is 6.08 Å². The third kappa shape index (κ3) is 6.63. The van der Waals surface area contributed by atoms with Gasteiger partial charge in [0.05, 0.1) is 17.1 Å². The fourth-order valence-corrected chi connectivity index (χ4v) is 5.13. The lowest BCUT2D eigenvalue weighted by atomic mass is 10.1. The van der Waals surface area contributed by atoms with Gasteiger partial charge in [-0.25, -0.2) is 8.42 Å². The molecule has 1 fully saturated rings. The number of rotatable bonds is 10. The summed E-state index contributed by atoms with van der Waals surface area (Å²) in [6.45, 7) is 26.3. The second-order valence-corrected chi connectivity index (χ2v) is 10.3. The molecule has 8 nitrogen and oxygen atoms in total. The molecule has 1 aromatic carbocycles. The van der Waals surface area contributed by atoms with Crippen LogP contribution in [0.2, 0.25) is 0 Å². The summed E-state index contributed by atoms with van der Waals surface area (Å²) in [4.78, 5) is 20.0. The Labute approximate surface area is 214 Å².